The molecule has 0 spiro atoms. The van der Waals surface area contributed by atoms with Gasteiger partial charge in [0.2, 0.25) is 0 Å². The monoisotopic (exact) mass is 238 g/mol. The number of aromatic amines is 1. The standard InChI is InChI=1S/C12H18N2O3/c1-17-6-2-3-11-13-9-5-4-8(12(15)16)7-10(9)14-11/h8H,2-7H2,1H3,(H,13,14)(H,15,16). The molecular weight excluding hydrogens is 220 g/mol. The average molecular weight is 238 g/mol. The summed E-state index contributed by atoms with van der Waals surface area (Å²) in [5.41, 5.74) is 2.06. The molecule has 0 saturated carbocycles. The van der Waals surface area contributed by atoms with E-state index >= 15 is 0 Å². The van der Waals surface area contributed by atoms with Crippen LogP contribution in [0.1, 0.15) is 30.1 Å². The van der Waals surface area contributed by atoms with Gasteiger partial charge in [-0.2, -0.15) is 0 Å². The second-order valence-corrected chi connectivity index (χ2v) is 4.48. The third-order valence-electron chi connectivity index (χ3n) is 3.20. The number of aryl methyl sites for hydroxylation is 2. The molecule has 0 amide bonds. The van der Waals surface area contributed by atoms with E-state index < -0.39 is 5.97 Å². The van der Waals surface area contributed by atoms with Crippen LogP contribution in [0.4, 0.5) is 0 Å². The smallest absolute Gasteiger partial charge is 0.306 e. The summed E-state index contributed by atoms with van der Waals surface area (Å²) in [6, 6.07) is 0. The molecule has 0 saturated heterocycles. The molecule has 5 heteroatoms. The van der Waals surface area contributed by atoms with Gasteiger partial charge in [-0.3, -0.25) is 4.79 Å². The Bertz CT molecular complexity index is 400. The fraction of sp³-hybridized carbons (Fsp3) is 0.667. The maximum Gasteiger partial charge on any atom is 0.306 e. The molecular formula is C12H18N2O3. The average Bonchev–Trinajstić information content (AvgIpc) is 2.70. The molecule has 1 aliphatic rings. The van der Waals surface area contributed by atoms with Gasteiger partial charge in [0.25, 0.3) is 0 Å². The number of aliphatic carboxylic acids is 1. The Hall–Kier alpha value is -1.36. The zero-order valence-corrected chi connectivity index (χ0v) is 10.0. The number of rotatable bonds is 5. The lowest BCUT2D eigenvalue weighted by molar-refractivity contribution is -0.142. The maximum absolute atomic E-state index is 10.9. The molecule has 2 rings (SSSR count). The fourth-order valence-electron chi connectivity index (χ4n) is 2.25. The number of hydrogen-bond donors (Lipinski definition) is 2. The normalized spacial score (nSPS) is 19.0. The summed E-state index contributed by atoms with van der Waals surface area (Å²) in [4.78, 5) is 18.7. The van der Waals surface area contributed by atoms with Crippen LogP contribution in [0.3, 0.4) is 0 Å². The second kappa shape index (κ2) is 5.31. The van der Waals surface area contributed by atoms with Gasteiger partial charge in [0.15, 0.2) is 0 Å². The number of nitrogens with one attached hydrogen (secondary N) is 1. The molecule has 0 radical (unpaired) electrons. The minimum absolute atomic E-state index is 0.255. The predicted octanol–water partition coefficient (Wildman–Crippen LogP) is 1.18. The Morgan fingerprint density at radius 1 is 1.65 bits per heavy atom. The number of carboxylic acids is 1. The van der Waals surface area contributed by atoms with Crippen molar-refractivity contribution in [3.8, 4) is 0 Å². The van der Waals surface area contributed by atoms with Crippen molar-refractivity contribution >= 4 is 5.97 Å². The molecule has 0 aliphatic heterocycles. The molecule has 1 aromatic rings. The van der Waals surface area contributed by atoms with Crippen molar-refractivity contribution < 1.29 is 14.6 Å². The minimum atomic E-state index is -0.703. The molecule has 17 heavy (non-hydrogen) atoms. The lowest BCUT2D eigenvalue weighted by Gasteiger charge is -2.16. The van der Waals surface area contributed by atoms with Crippen molar-refractivity contribution in [1.82, 2.24) is 9.97 Å². The van der Waals surface area contributed by atoms with Crippen LogP contribution in [0.2, 0.25) is 0 Å². The van der Waals surface area contributed by atoms with Gasteiger partial charge in [-0.05, 0) is 19.3 Å². The number of nitrogens with zero attached hydrogens (tertiary/aromatic N) is 1. The topological polar surface area (TPSA) is 75.2 Å². The summed E-state index contributed by atoms with van der Waals surface area (Å²) in [6.07, 6.45) is 3.85. The van der Waals surface area contributed by atoms with E-state index in [-0.39, 0.29) is 5.92 Å². The predicted molar refractivity (Wildman–Crippen MR) is 61.9 cm³/mol. The minimum Gasteiger partial charge on any atom is -0.481 e. The van der Waals surface area contributed by atoms with E-state index in [1.54, 1.807) is 7.11 Å². The fourth-order valence-corrected chi connectivity index (χ4v) is 2.25. The summed E-state index contributed by atoms with van der Waals surface area (Å²) < 4.78 is 4.99. The van der Waals surface area contributed by atoms with Gasteiger partial charge in [0.1, 0.15) is 5.82 Å². The van der Waals surface area contributed by atoms with E-state index in [0.29, 0.717) is 12.8 Å². The number of hydrogen-bond acceptors (Lipinski definition) is 3. The van der Waals surface area contributed by atoms with E-state index in [0.717, 1.165) is 43.1 Å². The Kier molecular flexibility index (Phi) is 3.78. The highest BCUT2D eigenvalue weighted by molar-refractivity contribution is 5.70. The molecule has 1 heterocycles. The lowest BCUT2D eigenvalue weighted by atomic mass is 9.90. The van der Waals surface area contributed by atoms with E-state index in [4.69, 9.17) is 9.84 Å². The first kappa shape index (κ1) is 12.1. The zero-order chi connectivity index (χ0) is 12.3. The third kappa shape index (κ3) is 2.85. The SMILES string of the molecule is COCCCc1nc2c([nH]1)CC(C(=O)O)CC2. The molecule has 1 atom stereocenters. The third-order valence-corrected chi connectivity index (χ3v) is 3.20. The van der Waals surface area contributed by atoms with Gasteiger partial charge >= 0.3 is 5.97 Å². The van der Waals surface area contributed by atoms with Crippen molar-refractivity contribution in [3.05, 3.63) is 17.2 Å². The first-order chi connectivity index (χ1) is 8.20. The number of ether oxygens (including phenoxy) is 1. The largest absolute Gasteiger partial charge is 0.481 e. The molecule has 5 nitrogen and oxygen atoms in total. The van der Waals surface area contributed by atoms with Crippen molar-refractivity contribution in [2.24, 2.45) is 5.92 Å². The van der Waals surface area contributed by atoms with Crippen LogP contribution in [-0.4, -0.2) is 34.8 Å². The molecule has 2 N–H and O–H groups in total. The summed E-state index contributed by atoms with van der Waals surface area (Å²) in [7, 11) is 1.69. The van der Waals surface area contributed by atoms with Crippen LogP contribution in [0.5, 0.6) is 0 Å². The van der Waals surface area contributed by atoms with Gasteiger partial charge in [-0.1, -0.05) is 0 Å². The molecule has 0 bridgehead atoms. The lowest BCUT2D eigenvalue weighted by Crippen LogP contribution is -2.22. The Morgan fingerprint density at radius 2 is 2.47 bits per heavy atom. The summed E-state index contributed by atoms with van der Waals surface area (Å²) >= 11 is 0. The van der Waals surface area contributed by atoms with Crippen LogP contribution in [0.25, 0.3) is 0 Å². The van der Waals surface area contributed by atoms with Crippen molar-refractivity contribution in [1.29, 1.82) is 0 Å². The summed E-state index contributed by atoms with van der Waals surface area (Å²) in [5.74, 6) is -0.000882. The van der Waals surface area contributed by atoms with E-state index in [9.17, 15) is 4.79 Å². The number of H-pyrrole nitrogens is 1. The number of aromatic nitrogens is 2. The van der Waals surface area contributed by atoms with Crippen LogP contribution in [0, 0.1) is 5.92 Å². The van der Waals surface area contributed by atoms with Gasteiger partial charge in [0.05, 0.1) is 11.6 Å². The Morgan fingerprint density at radius 3 is 3.18 bits per heavy atom. The van der Waals surface area contributed by atoms with Gasteiger partial charge in [0, 0.05) is 32.3 Å². The Labute approximate surface area is 100 Å². The number of carbonyl (C=O) groups is 1. The molecule has 1 unspecified atom stereocenters. The highest BCUT2D eigenvalue weighted by Crippen LogP contribution is 2.24. The molecule has 0 fully saturated rings. The number of imidazole rings is 1. The zero-order valence-electron chi connectivity index (χ0n) is 10.0. The molecule has 1 aromatic heterocycles. The number of methoxy groups -OCH3 is 1. The number of carboxylic acid groups (broad SMARTS) is 1. The highest BCUT2D eigenvalue weighted by atomic mass is 16.5. The highest BCUT2D eigenvalue weighted by Gasteiger charge is 2.26. The Balaban J connectivity index is 1.99. The molecule has 0 aromatic carbocycles. The van der Waals surface area contributed by atoms with E-state index in [2.05, 4.69) is 9.97 Å². The summed E-state index contributed by atoms with van der Waals surface area (Å²) in [5, 5.41) is 8.99. The quantitative estimate of drug-likeness (QED) is 0.755. The number of fused-ring (bicyclic) bond motifs is 1. The van der Waals surface area contributed by atoms with Gasteiger partial charge in [-0.25, -0.2) is 4.98 Å². The van der Waals surface area contributed by atoms with Crippen LogP contribution in [0.15, 0.2) is 0 Å². The summed E-state index contributed by atoms with van der Waals surface area (Å²) in [6.45, 7) is 0.725. The van der Waals surface area contributed by atoms with Gasteiger partial charge < -0.3 is 14.8 Å². The van der Waals surface area contributed by atoms with E-state index in [1.807, 2.05) is 0 Å². The van der Waals surface area contributed by atoms with Crippen LogP contribution in [-0.2, 0) is 28.8 Å². The first-order valence-electron chi connectivity index (χ1n) is 5.99. The van der Waals surface area contributed by atoms with Crippen molar-refractivity contribution in [2.75, 3.05) is 13.7 Å². The first-order valence-corrected chi connectivity index (χ1v) is 5.99. The molecule has 94 valence electrons. The maximum atomic E-state index is 10.9. The van der Waals surface area contributed by atoms with Crippen LogP contribution < -0.4 is 0 Å². The molecule has 1 aliphatic carbocycles. The van der Waals surface area contributed by atoms with Crippen LogP contribution >= 0.6 is 0 Å². The van der Waals surface area contributed by atoms with Gasteiger partial charge in [-0.15, -0.1) is 0 Å². The van der Waals surface area contributed by atoms with E-state index in [1.165, 1.54) is 0 Å². The van der Waals surface area contributed by atoms with Crippen molar-refractivity contribution in [3.63, 3.8) is 0 Å². The van der Waals surface area contributed by atoms with Crippen molar-refractivity contribution in [2.45, 2.75) is 32.1 Å². The second-order valence-electron chi connectivity index (χ2n) is 4.48.